The number of aryl methyl sites for hydroxylation is 1. The van der Waals surface area contributed by atoms with Gasteiger partial charge in [0, 0.05) is 30.6 Å². The largest absolute Gasteiger partial charge is 0.316 e. The molecule has 3 heteroatoms. The third-order valence-corrected chi connectivity index (χ3v) is 2.86. The van der Waals surface area contributed by atoms with Crippen LogP contribution < -0.4 is 5.32 Å². The average Bonchev–Trinajstić information content (AvgIpc) is 2.44. The summed E-state index contributed by atoms with van der Waals surface area (Å²) in [6.45, 7) is 10.9. The van der Waals surface area contributed by atoms with Gasteiger partial charge in [0.15, 0.2) is 0 Å². The van der Waals surface area contributed by atoms with Gasteiger partial charge in [0.25, 0.3) is 0 Å². The van der Waals surface area contributed by atoms with Gasteiger partial charge in [-0.25, -0.2) is 4.98 Å². The van der Waals surface area contributed by atoms with Crippen molar-refractivity contribution in [3.8, 4) is 0 Å². The van der Waals surface area contributed by atoms with Gasteiger partial charge in [0.2, 0.25) is 0 Å². The third-order valence-electron chi connectivity index (χ3n) is 1.84. The Labute approximate surface area is 90.8 Å². The first-order valence-electron chi connectivity index (χ1n) is 5.09. The SMILES string of the molecule is Cc1csc(CCNCC(C)(C)C)n1. The Bertz CT molecular complexity index is 273. The monoisotopic (exact) mass is 212 g/mol. The van der Waals surface area contributed by atoms with E-state index in [1.54, 1.807) is 11.3 Å². The molecule has 80 valence electrons. The molecular formula is C11H20N2S. The van der Waals surface area contributed by atoms with Crippen LogP contribution in [0.15, 0.2) is 5.38 Å². The summed E-state index contributed by atoms with van der Waals surface area (Å²) >= 11 is 1.76. The maximum absolute atomic E-state index is 4.42. The Hall–Kier alpha value is -0.410. The predicted molar refractivity (Wildman–Crippen MR) is 62.9 cm³/mol. The van der Waals surface area contributed by atoms with E-state index in [9.17, 15) is 0 Å². The van der Waals surface area contributed by atoms with Crippen LogP contribution >= 0.6 is 11.3 Å². The Morgan fingerprint density at radius 1 is 1.43 bits per heavy atom. The number of hydrogen-bond acceptors (Lipinski definition) is 3. The lowest BCUT2D eigenvalue weighted by molar-refractivity contribution is 0.381. The van der Waals surface area contributed by atoms with Crippen molar-refractivity contribution in [1.82, 2.24) is 10.3 Å². The molecule has 0 spiro atoms. The summed E-state index contributed by atoms with van der Waals surface area (Å²) in [5.41, 5.74) is 1.51. The van der Waals surface area contributed by atoms with Crippen LogP contribution in [0.1, 0.15) is 31.5 Å². The van der Waals surface area contributed by atoms with Crippen LogP contribution in [-0.4, -0.2) is 18.1 Å². The molecule has 0 bridgehead atoms. The van der Waals surface area contributed by atoms with Crippen LogP contribution in [0, 0.1) is 12.3 Å². The number of aromatic nitrogens is 1. The molecule has 0 saturated carbocycles. The first kappa shape index (κ1) is 11.7. The van der Waals surface area contributed by atoms with E-state index in [0.29, 0.717) is 5.41 Å². The Morgan fingerprint density at radius 2 is 2.14 bits per heavy atom. The van der Waals surface area contributed by atoms with E-state index in [4.69, 9.17) is 0 Å². The van der Waals surface area contributed by atoms with Crippen molar-refractivity contribution in [1.29, 1.82) is 0 Å². The lowest BCUT2D eigenvalue weighted by atomic mass is 9.97. The molecule has 0 unspecified atom stereocenters. The zero-order chi connectivity index (χ0) is 10.6. The number of nitrogens with one attached hydrogen (secondary N) is 1. The molecule has 0 amide bonds. The van der Waals surface area contributed by atoms with Gasteiger partial charge in [-0.3, -0.25) is 0 Å². The molecular weight excluding hydrogens is 192 g/mol. The van der Waals surface area contributed by atoms with Crippen LogP contribution in [0.4, 0.5) is 0 Å². The van der Waals surface area contributed by atoms with Crippen molar-refractivity contribution in [3.63, 3.8) is 0 Å². The minimum absolute atomic E-state index is 0.374. The molecule has 0 fully saturated rings. The van der Waals surface area contributed by atoms with Crippen LogP contribution in [0.3, 0.4) is 0 Å². The highest BCUT2D eigenvalue weighted by molar-refractivity contribution is 7.09. The normalized spacial score (nSPS) is 12.0. The molecule has 1 N–H and O–H groups in total. The topological polar surface area (TPSA) is 24.9 Å². The van der Waals surface area contributed by atoms with E-state index < -0.39 is 0 Å². The summed E-state index contributed by atoms with van der Waals surface area (Å²) in [5, 5.41) is 6.80. The molecule has 2 nitrogen and oxygen atoms in total. The first-order valence-corrected chi connectivity index (χ1v) is 5.97. The number of nitrogens with zero attached hydrogens (tertiary/aromatic N) is 1. The minimum atomic E-state index is 0.374. The van der Waals surface area contributed by atoms with E-state index in [2.05, 4.69) is 36.5 Å². The van der Waals surface area contributed by atoms with E-state index in [-0.39, 0.29) is 0 Å². The molecule has 0 aliphatic carbocycles. The van der Waals surface area contributed by atoms with E-state index in [0.717, 1.165) is 25.2 Å². The maximum atomic E-state index is 4.42. The number of hydrogen-bond donors (Lipinski definition) is 1. The second-order valence-electron chi connectivity index (χ2n) is 4.87. The van der Waals surface area contributed by atoms with Crippen LogP contribution in [0.25, 0.3) is 0 Å². The van der Waals surface area contributed by atoms with Gasteiger partial charge >= 0.3 is 0 Å². The quantitative estimate of drug-likeness (QED) is 0.776. The molecule has 0 aliphatic rings. The smallest absolute Gasteiger partial charge is 0.0940 e. The zero-order valence-electron chi connectivity index (χ0n) is 9.55. The Kier molecular flexibility index (Phi) is 4.08. The average molecular weight is 212 g/mol. The molecule has 1 rings (SSSR count). The van der Waals surface area contributed by atoms with Crippen molar-refractivity contribution in [2.45, 2.75) is 34.1 Å². The van der Waals surface area contributed by atoms with E-state index >= 15 is 0 Å². The van der Waals surface area contributed by atoms with Gasteiger partial charge in [0.1, 0.15) is 0 Å². The molecule has 14 heavy (non-hydrogen) atoms. The highest BCUT2D eigenvalue weighted by atomic mass is 32.1. The number of thiazole rings is 1. The summed E-state index contributed by atoms with van der Waals surface area (Å²) in [6, 6.07) is 0. The maximum Gasteiger partial charge on any atom is 0.0940 e. The summed E-state index contributed by atoms with van der Waals surface area (Å²) in [6.07, 6.45) is 1.05. The van der Waals surface area contributed by atoms with E-state index in [1.807, 2.05) is 6.92 Å². The van der Waals surface area contributed by atoms with E-state index in [1.165, 1.54) is 5.01 Å². The fourth-order valence-electron chi connectivity index (χ4n) is 1.18. The molecule has 0 saturated heterocycles. The molecule has 0 radical (unpaired) electrons. The van der Waals surface area contributed by atoms with Gasteiger partial charge in [-0.05, 0) is 12.3 Å². The minimum Gasteiger partial charge on any atom is -0.316 e. The van der Waals surface area contributed by atoms with Crippen molar-refractivity contribution in [2.24, 2.45) is 5.41 Å². The van der Waals surface area contributed by atoms with Crippen molar-refractivity contribution in [2.75, 3.05) is 13.1 Å². The summed E-state index contributed by atoms with van der Waals surface area (Å²) in [4.78, 5) is 4.42. The van der Waals surface area contributed by atoms with Crippen molar-refractivity contribution >= 4 is 11.3 Å². The predicted octanol–water partition coefficient (Wildman–Crippen LogP) is 2.63. The lowest BCUT2D eigenvalue weighted by Crippen LogP contribution is -2.28. The van der Waals surface area contributed by atoms with Crippen LogP contribution in [0.2, 0.25) is 0 Å². The van der Waals surface area contributed by atoms with Crippen molar-refractivity contribution < 1.29 is 0 Å². The second-order valence-corrected chi connectivity index (χ2v) is 5.81. The van der Waals surface area contributed by atoms with Crippen LogP contribution in [0.5, 0.6) is 0 Å². The van der Waals surface area contributed by atoms with Gasteiger partial charge in [0.05, 0.1) is 5.01 Å². The van der Waals surface area contributed by atoms with Crippen LogP contribution in [-0.2, 0) is 6.42 Å². The molecule has 0 aliphatic heterocycles. The lowest BCUT2D eigenvalue weighted by Gasteiger charge is -2.18. The second kappa shape index (κ2) is 4.89. The van der Waals surface area contributed by atoms with Crippen molar-refractivity contribution in [3.05, 3.63) is 16.1 Å². The molecule has 1 aromatic heterocycles. The summed E-state index contributed by atoms with van der Waals surface area (Å²) in [5.74, 6) is 0. The zero-order valence-corrected chi connectivity index (χ0v) is 10.4. The Morgan fingerprint density at radius 3 is 2.64 bits per heavy atom. The standard InChI is InChI=1S/C11H20N2S/c1-9-7-14-10(13-9)5-6-12-8-11(2,3)4/h7,12H,5-6,8H2,1-4H3. The molecule has 0 aromatic carbocycles. The fraction of sp³-hybridized carbons (Fsp3) is 0.727. The molecule has 1 heterocycles. The Balaban J connectivity index is 2.16. The first-order chi connectivity index (χ1) is 6.47. The van der Waals surface area contributed by atoms with Gasteiger partial charge in [-0.2, -0.15) is 0 Å². The fourth-order valence-corrected chi connectivity index (χ4v) is 1.95. The van der Waals surface area contributed by atoms with Gasteiger partial charge in [-0.15, -0.1) is 11.3 Å². The number of rotatable bonds is 4. The molecule has 0 atom stereocenters. The van der Waals surface area contributed by atoms with Gasteiger partial charge in [-0.1, -0.05) is 20.8 Å². The highest BCUT2D eigenvalue weighted by Gasteiger charge is 2.08. The highest BCUT2D eigenvalue weighted by Crippen LogP contribution is 2.11. The third kappa shape index (κ3) is 4.72. The molecule has 1 aromatic rings. The summed E-state index contributed by atoms with van der Waals surface area (Å²) < 4.78 is 0. The summed E-state index contributed by atoms with van der Waals surface area (Å²) in [7, 11) is 0. The van der Waals surface area contributed by atoms with Gasteiger partial charge < -0.3 is 5.32 Å².